The Hall–Kier alpha value is -3.29. The largest absolute Gasteiger partial charge is 0.380 e. The molecule has 0 radical (unpaired) electrons. The quantitative estimate of drug-likeness (QED) is 0.334. The monoisotopic (exact) mass is 517 g/mol. The number of nitrogens with zero attached hydrogens (tertiary/aromatic N) is 3. The number of nitrogens with one attached hydrogen (secondary N) is 2. The van der Waals surface area contributed by atoms with Crippen molar-refractivity contribution < 1.29 is 9.13 Å². The highest BCUT2D eigenvalue weighted by Crippen LogP contribution is 2.32. The van der Waals surface area contributed by atoms with Gasteiger partial charge in [-0.2, -0.15) is 5.10 Å². The van der Waals surface area contributed by atoms with Crippen LogP contribution in [0.3, 0.4) is 0 Å². The van der Waals surface area contributed by atoms with E-state index in [1.165, 1.54) is 5.57 Å². The number of allylic oxidation sites excluding steroid dienone is 2. The molecule has 3 aromatic rings. The standard InChI is InChI=1S/C31H40FN5O/c1-7-20(2)13-28-26(15-22(4)30-21(3)14-23(17-33-5)16-27(30)32)31(36-35-28)24-10-11-29(34-18-24)37-12-8-9-25(19-37)38-6/h10-11,13-16,18,25,33H,7-9,12,17,19H2,1-6H3,(H,35,36)/b20-13+,22-15+. The number of benzene rings is 1. The van der Waals surface area contributed by atoms with Gasteiger partial charge in [0.2, 0.25) is 0 Å². The van der Waals surface area contributed by atoms with Crippen LogP contribution in [0.25, 0.3) is 29.0 Å². The summed E-state index contributed by atoms with van der Waals surface area (Å²) in [7, 11) is 3.64. The number of aromatic amines is 1. The van der Waals surface area contributed by atoms with Crippen molar-refractivity contribution in [2.75, 3.05) is 32.1 Å². The normalized spacial score (nSPS) is 16.8. The van der Waals surface area contributed by atoms with E-state index in [-0.39, 0.29) is 11.9 Å². The minimum atomic E-state index is -0.210. The fourth-order valence-electron chi connectivity index (χ4n) is 5.15. The van der Waals surface area contributed by atoms with Gasteiger partial charge in [-0.1, -0.05) is 18.6 Å². The molecule has 7 heteroatoms. The van der Waals surface area contributed by atoms with E-state index < -0.39 is 0 Å². The summed E-state index contributed by atoms with van der Waals surface area (Å²) in [5.74, 6) is 0.735. The van der Waals surface area contributed by atoms with Gasteiger partial charge in [-0.05, 0) is 94.1 Å². The smallest absolute Gasteiger partial charge is 0.131 e. The summed E-state index contributed by atoms with van der Waals surface area (Å²) in [6.45, 7) is 10.6. The molecule has 1 atom stereocenters. The Kier molecular flexibility index (Phi) is 9.13. The highest BCUT2D eigenvalue weighted by molar-refractivity contribution is 5.89. The number of aromatic nitrogens is 3. The van der Waals surface area contributed by atoms with Crippen molar-refractivity contribution in [2.24, 2.45) is 0 Å². The molecule has 202 valence electrons. The van der Waals surface area contributed by atoms with E-state index in [2.05, 4.69) is 52.5 Å². The van der Waals surface area contributed by atoms with Crippen molar-refractivity contribution in [2.45, 2.75) is 59.6 Å². The lowest BCUT2D eigenvalue weighted by atomic mass is 9.95. The molecule has 0 amide bonds. The first-order chi connectivity index (χ1) is 18.3. The number of H-pyrrole nitrogens is 1. The lowest BCUT2D eigenvalue weighted by Crippen LogP contribution is -2.39. The molecule has 3 heterocycles. The third kappa shape index (κ3) is 6.22. The van der Waals surface area contributed by atoms with E-state index in [9.17, 15) is 0 Å². The SMILES string of the molecule is CC/C(C)=C/c1[nH]nc(-c2ccc(N3CCCC(OC)C3)nc2)c1/C=C(\C)c1c(C)cc(CNC)cc1F. The van der Waals surface area contributed by atoms with Crippen LogP contribution in [-0.2, 0) is 11.3 Å². The predicted octanol–water partition coefficient (Wildman–Crippen LogP) is 6.63. The molecule has 0 saturated carbocycles. The number of aryl methyl sites for hydroxylation is 1. The van der Waals surface area contributed by atoms with Crippen LogP contribution < -0.4 is 10.2 Å². The van der Waals surface area contributed by atoms with Crippen LogP contribution in [-0.4, -0.2) is 48.5 Å². The second-order valence-electron chi connectivity index (χ2n) is 10.2. The third-order valence-corrected chi connectivity index (χ3v) is 7.32. The Morgan fingerprint density at radius 1 is 1.26 bits per heavy atom. The summed E-state index contributed by atoms with van der Waals surface area (Å²) in [5, 5.41) is 11.0. The van der Waals surface area contributed by atoms with Gasteiger partial charge in [0, 0.05) is 49.6 Å². The molecule has 0 spiro atoms. The number of pyridine rings is 1. The Bertz CT molecular complexity index is 1290. The van der Waals surface area contributed by atoms with E-state index in [4.69, 9.17) is 9.72 Å². The van der Waals surface area contributed by atoms with Gasteiger partial charge < -0.3 is 15.0 Å². The second-order valence-corrected chi connectivity index (χ2v) is 10.2. The van der Waals surface area contributed by atoms with E-state index in [0.29, 0.717) is 12.1 Å². The van der Waals surface area contributed by atoms with E-state index >= 15 is 4.39 Å². The number of halogens is 1. The number of ether oxygens (including phenoxy) is 1. The van der Waals surface area contributed by atoms with Gasteiger partial charge in [0.05, 0.1) is 11.8 Å². The third-order valence-electron chi connectivity index (χ3n) is 7.32. The molecule has 6 nitrogen and oxygen atoms in total. The van der Waals surface area contributed by atoms with Gasteiger partial charge in [0.1, 0.15) is 17.3 Å². The van der Waals surface area contributed by atoms with Crippen LogP contribution >= 0.6 is 0 Å². The van der Waals surface area contributed by atoms with E-state index in [1.54, 1.807) is 13.2 Å². The predicted molar refractivity (Wildman–Crippen MR) is 155 cm³/mol. The average Bonchev–Trinajstić information content (AvgIpc) is 3.30. The molecule has 2 N–H and O–H groups in total. The summed E-state index contributed by atoms with van der Waals surface area (Å²) >= 11 is 0. The van der Waals surface area contributed by atoms with Crippen molar-refractivity contribution in [1.29, 1.82) is 0 Å². The molecule has 1 unspecified atom stereocenters. The van der Waals surface area contributed by atoms with Crippen molar-refractivity contribution in [3.8, 4) is 11.3 Å². The van der Waals surface area contributed by atoms with Gasteiger partial charge in [0.15, 0.2) is 0 Å². The van der Waals surface area contributed by atoms with Crippen LogP contribution in [0.5, 0.6) is 0 Å². The lowest BCUT2D eigenvalue weighted by molar-refractivity contribution is 0.0891. The molecule has 38 heavy (non-hydrogen) atoms. The number of anilines is 1. The Morgan fingerprint density at radius 2 is 2.08 bits per heavy atom. The molecule has 1 fully saturated rings. The first-order valence-electron chi connectivity index (χ1n) is 13.5. The number of hydrogen-bond donors (Lipinski definition) is 2. The molecule has 1 aliphatic heterocycles. The van der Waals surface area contributed by atoms with Crippen LogP contribution in [0, 0.1) is 12.7 Å². The van der Waals surface area contributed by atoms with Gasteiger partial charge in [-0.25, -0.2) is 9.37 Å². The summed E-state index contributed by atoms with van der Waals surface area (Å²) in [6.07, 6.45) is 9.39. The lowest BCUT2D eigenvalue weighted by Gasteiger charge is -2.32. The molecule has 1 saturated heterocycles. The average molecular weight is 518 g/mol. The van der Waals surface area contributed by atoms with Gasteiger partial charge in [-0.15, -0.1) is 0 Å². The van der Waals surface area contributed by atoms with Gasteiger partial charge >= 0.3 is 0 Å². The number of methoxy groups -OCH3 is 1. The van der Waals surface area contributed by atoms with Crippen LogP contribution in [0.1, 0.15) is 68.0 Å². The summed E-state index contributed by atoms with van der Waals surface area (Å²) in [6, 6.07) is 7.79. The Morgan fingerprint density at radius 3 is 2.74 bits per heavy atom. The van der Waals surface area contributed by atoms with E-state index in [1.807, 2.05) is 39.2 Å². The summed E-state index contributed by atoms with van der Waals surface area (Å²) in [4.78, 5) is 7.06. The minimum Gasteiger partial charge on any atom is -0.380 e. The maximum atomic E-state index is 15.2. The first kappa shape index (κ1) is 27.7. The molecule has 1 aliphatic rings. The van der Waals surface area contributed by atoms with Crippen LogP contribution in [0.2, 0.25) is 0 Å². The highest BCUT2D eigenvalue weighted by atomic mass is 19.1. The zero-order valence-corrected chi connectivity index (χ0v) is 23.5. The van der Waals surface area contributed by atoms with Crippen molar-refractivity contribution in [3.63, 3.8) is 0 Å². The molecular formula is C31H40FN5O. The highest BCUT2D eigenvalue weighted by Gasteiger charge is 2.21. The number of hydrogen-bond acceptors (Lipinski definition) is 5. The summed E-state index contributed by atoms with van der Waals surface area (Å²) < 4.78 is 20.8. The topological polar surface area (TPSA) is 66.1 Å². The zero-order chi connectivity index (χ0) is 27.2. The number of rotatable bonds is 9. The molecule has 0 aliphatic carbocycles. The number of piperidine rings is 1. The maximum Gasteiger partial charge on any atom is 0.131 e. The molecule has 4 rings (SSSR count). The fourth-order valence-corrected chi connectivity index (χ4v) is 5.15. The van der Waals surface area contributed by atoms with Crippen molar-refractivity contribution >= 4 is 23.5 Å². The Balaban J connectivity index is 1.73. The molecule has 0 bridgehead atoms. The van der Waals surface area contributed by atoms with Crippen LogP contribution in [0.15, 0.2) is 36.0 Å². The second kappa shape index (κ2) is 12.5. The van der Waals surface area contributed by atoms with E-state index in [0.717, 1.165) is 77.4 Å². The van der Waals surface area contributed by atoms with Gasteiger partial charge in [0.25, 0.3) is 0 Å². The minimum absolute atomic E-state index is 0.210. The fraction of sp³-hybridized carbons (Fsp3) is 0.419. The van der Waals surface area contributed by atoms with Crippen molar-refractivity contribution in [1.82, 2.24) is 20.5 Å². The van der Waals surface area contributed by atoms with Crippen LogP contribution in [0.4, 0.5) is 10.2 Å². The molecular weight excluding hydrogens is 477 g/mol. The first-order valence-corrected chi connectivity index (χ1v) is 13.5. The molecule has 2 aromatic heterocycles. The molecule has 1 aromatic carbocycles. The Labute approximate surface area is 226 Å². The summed E-state index contributed by atoms with van der Waals surface area (Å²) in [5.41, 5.74) is 8.12. The maximum absolute atomic E-state index is 15.2. The zero-order valence-electron chi connectivity index (χ0n) is 23.5. The van der Waals surface area contributed by atoms with Gasteiger partial charge in [-0.3, -0.25) is 5.10 Å². The van der Waals surface area contributed by atoms with Crippen molar-refractivity contribution in [3.05, 3.63) is 69.8 Å².